The number of aliphatic hydroxyl groups excluding tert-OH is 1. The van der Waals surface area contributed by atoms with Crippen LogP contribution < -0.4 is 0 Å². The van der Waals surface area contributed by atoms with E-state index in [1.54, 1.807) is 6.07 Å². The molecule has 1 heterocycles. The minimum Gasteiger partial charge on any atom is -0.467 e. The van der Waals surface area contributed by atoms with Gasteiger partial charge in [0.05, 0.1) is 13.7 Å². The average Bonchev–Trinajstić information content (AvgIpc) is 2.91. The molecule has 1 aliphatic rings. The topological polar surface area (TPSA) is 55.8 Å². The standard InChI is InChI=1S/C13H16O4/c1-16-13(15)12(14)10-4-2-3-9(7-10)11-5-6-17-8-11/h2-4,7,11-12,14H,5-6,8H2,1H3. The Labute approximate surface area is 100 Å². The van der Waals surface area contributed by atoms with Crippen LogP contribution in [0.25, 0.3) is 0 Å². The van der Waals surface area contributed by atoms with Crippen molar-refractivity contribution in [2.45, 2.75) is 18.4 Å². The lowest BCUT2D eigenvalue weighted by Crippen LogP contribution is -2.13. The van der Waals surface area contributed by atoms with Gasteiger partial charge in [0.1, 0.15) is 0 Å². The van der Waals surface area contributed by atoms with Gasteiger partial charge >= 0.3 is 5.97 Å². The Kier molecular flexibility index (Phi) is 3.76. The minimum absolute atomic E-state index is 0.361. The van der Waals surface area contributed by atoms with Crippen molar-refractivity contribution in [3.8, 4) is 0 Å². The predicted octanol–water partition coefficient (Wildman–Crippen LogP) is 1.40. The maximum absolute atomic E-state index is 11.2. The fraction of sp³-hybridized carbons (Fsp3) is 0.462. The molecule has 1 saturated heterocycles. The normalized spacial score (nSPS) is 21.2. The molecule has 0 amide bonds. The third kappa shape index (κ3) is 2.65. The second-order valence-corrected chi connectivity index (χ2v) is 4.16. The van der Waals surface area contributed by atoms with Gasteiger partial charge < -0.3 is 14.6 Å². The molecule has 1 fully saturated rings. The number of esters is 1. The van der Waals surface area contributed by atoms with Crippen LogP contribution in [0.2, 0.25) is 0 Å². The third-order valence-electron chi connectivity index (χ3n) is 3.05. The average molecular weight is 236 g/mol. The fourth-order valence-corrected chi connectivity index (χ4v) is 2.03. The van der Waals surface area contributed by atoms with E-state index in [0.29, 0.717) is 18.1 Å². The van der Waals surface area contributed by atoms with E-state index in [-0.39, 0.29) is 0 Å². The molecule has 2 atom stereocenters. The molecule has 1 aromatic rings. The lowest BCUT2D eigenvalue weighted by atomic mass is 9.95. The van der Waals surface area contributed by atoms with Gasteiger partial charge in [-0.05, 0) is 17.5 Å². The first-order valence-electron chi connectivity index (χ1n) is 5.66. The van der Waals surface area contributed by atoms with E-state index in [0.717, 1.165) is 18.6 Å². The zero-order valence-corrected chi connectivity index (χ0v) is 9.76. The summed E-state index contributed by atoms with van der Waals surface area (Å²) in [5.41, 5.74) is 1.67. The largest absolute Gasteiger partial charge is 0.467 e. The molecule has 4 nitrogen and oxygen atoms in total. The van der Waals surface area contributed by atoms with Crippen LogP contribution in [0.3, 0.4) is 0 Å². The molecule has 1 N–H and O–H groups in total. The number of ether oxygens (including phenoxy) is 2. The van der Waals surface area contributed by atoms with E-state index >= 15 is 0 Å². The van der Waals surface area contributed by atoms with Gasteiger partial charge in [-0.2, -0.15) is 0 Å². The number of aliphatic hydroxyl groups is 1. The lowest BCUT2D eigenvalue weighted by molar-refractivity contribution is -0.150. The van der Waals surface area contributed by atoms with Crippen LogP contribution in [0.15, 0.2) is 24.3 Å². The molecule has 0 spiro atoms. The smallest absolute Gasteiger partial charge is 0.339 e. The van der Waals surface area contributed by atoms with E-state index in [2.05, 4.69) is 4.74 Å². The highest BCUT2D eigenvalue weighted by molar-refractivity contribution is 5.76. The van der Waals surface area contributed by atoms with Crippen molar-refractivity contribution in [3.63, 3.8) is 0 Å². The van der Waals surface area contributed by atoms with Crippen LogP contribution in [0.1, 0.15) is 29.6 Å². The zero-order valence-electron chi connectivity index (χ0n) is 9.76. The summed E-state index contributed by atoms with van der Waals surface area (Å²) in [6.45, 7) is 1.48. The lowest BCUT2D eigenvalue weighted by Gasteiger charge is -2.12. The van der Waals surface area contributed by atoms with Gasteiger partial charge in [0.2, 0.25) is 0 Å². The summed E-state index contributed by atoms with van der Waals surface area (Å²) < 4.78 is 9.84. The van der Waals surface area contributed by atoms with Crippen molar-refractivity contribution >= 4 is 5.97 Å². The van der Waals surface area contributed by atoms with Crippen molar-refractivity contribution in [2.24, 2.45) is 0 Å². The maximum atomic E-state index is 11.2. The van der Waals surface area contributed by atoms with Gasteiger partial charge in [-0.25, -0.2) is 4.79 Å². The Balaban J connectivity index is 2.18. The molecule has 4 heteroatoms. The van der Waals surface area contributed by atoms with Crippen LogP contribution in [0, 0.1) is 0 Å². The summed E-state index contributed by atoms with van der Waals surface area (Å²) in [7, 11) is 1.26. The highest BCUT2D eigenvalue weighted by atomic mass is 16.5. The van der Waals surface area contributed by atoms with Crippen LogP contribution in [0.4, 0.5) is 0 Å². The van der Waals surface area contributed by atoms with E-state index in [1.165, 1.54) is 7.11 Å². The molecule has 0 saturated carbocycles. The summed E-state index contributed by atoms with van der Waals surface area (Å²) in [4.78, 5) is 11.2. The van der Waals surface area contributed by atoms with Crippen molar-refractivity contribution in [2.75, 3.05) is 20.3 Å². The monoisotopic (exact) mass is 236 g/mol. The van der Waals surface area contributed by atoms with E-state index < -0.39 is 12.1 Å². The number of hydrogen-bond donors (Lipinski definition) is 1. The molecule has 0 aliphatic carbocycles. The molecule has 1 aliphatic heterocycles. The minimum atomic E-state index is -1.21. The number of carbonyl (C=O) groups is 1. The van der Waals surface area contributed by atoms with E-state index in [1.807, 2.05) is 18.2 Å². The number of benzene rings is 1. The molecule has 2 rings (SSSR count). The number of carbonyl (C=O) groups excluding carboxylic acids is 1. The summed E-state index contributed by atoms with van der Waals surface area (Å²) in [5.74, 6) is -0.274. The molecule has 92 valence electrons. The summed E-state index contributed by atoms with van der Waals surface area (Å²) in [6, 6.07) is 7.41. The van der Waals surface area contributed by atoms with Gasteiger partial charge in [-0.15, -0.1) is 0 Å². The predicted molar refractivity (Wildman–Crippen MR) is 61.6 cm³/mol. The van der Waals surface area contributed by atoms with Crippen molar-refractivity contribution in [1.82, 2.24) is 0 Å². The molecular formula is C13H16O4. The second-order valence-electron chi connectivity index (χ2n) is 4.16. The molecule has 17 heavy (non-hydrogen) atoms. The van der Waals surface area contributed by atoms with Gasteiger partial charge in [-0.1, -0.05) is 24.3 Å². The highest BCUT2D eigenvalue weighted by Crippen LogP contribution is 2.27. The summed E-state index contributed by atoms with van der Waals surface area (Å²) in [5, 5.41) is 9.75. The van der Waals surface area contributed by atoms with Crippen molar-refractivity contribution in [3.05, 3.63) is 35.4 Å². The SMILES string of the molecule is COC(=O)C(O)c1cccc(C2CCOC2)c1. The zero-order chi connectivity index (χ0) is 12.3. The summed E-state index contributed by atoms with van der Waals surface area (Å²) in [6.07, 6.45) is -0.222. The van der Waals surface area contributed by atoms with Gasteiger partial charge in [-0.3, -0.25) is 0 Å². The highest BCUT2D eigenvalue weighted by Gasteiger charge is 2.21. The Morgan fingerprint density at radius 1 is 1.59 bits per heavy atom. The van der Waals surface area contributed by atoms with Crippen LogP contribution in [0.5, 0.6) is 0 Å². The first kappa shape index (κ1) is 12.1. The fourth-order valence-electron chi connectivity index (χ4n) is 2.03. The van der Waals surface area contributed by atoms with E-state index in [9.17, 15) is 9.90 Å². The third-order valence-corrected chi connectivity index (χ3v) is 3.05. The molecular weight excluding hydrogens is 220 g/mol. The van der Waals surface area contributed by atoms with Crippen molar-refractivity contribution < 1.29 is 19.4 Å². The molecule has 2 unspecified atom stereocenters. The van der Waals surface area contributed by atoms with Crippen LogP contribution >= 0.6 is 0 Å². The quantitative estimate of drug-likeness (QED) is 0.806. The molecule has 0 radical (unpaired) electrons. The first-order chi connectivity index (χ1) is 8.22. The molecule has 0 aromatic heterocycles. The maximum Gasteiger partial charge on any atom is 0.339 e. The Hall–Kier alpha value is -1.39. The van der Waals surface area contributed by atoms with E-state index in [4.69, 9.17) is 4.74 Å². The first-order valence-corrected chi connectivity index (χ1v) is 5.66. The Morgan fingerprint density at radius 2 is 2.41 bits per heavy atom. The number of methoxy groups -OCH3 is 1. The number of rotatable bonds is 3. The van der Waals surface area contributed by atoms with Crippen LogP contribution in [-0.4, -0.2) is 31.4 Å². The summed E-state index contributed by atoms with van der Waals surface area (Å²) >= 11 is 0. The second kappa shape index (κ2) is 5.29. The Bertz CT molecular complexity index is 396. The van der Waals surface area contributed by atoms with Gasteiger partial charge in [0, 0.05) is 12.5 Å². The number of hydrogen-bond acceptors (Lipinski definition) is 4. The van der Waals surface area contributed by atoms with Crippen molar-refractivity contribution in [1.29, 1.82) is 0 Å². The molecule has 1 aromatic carbocycles. The van der Waals surface area contributed by atoms with Gasteiger partial charge in [0.25, 0.3) is 0 Å². The van der Waals surface area contributed by atoms with Gasteiger partial charge in [0.15, 0.2) is 6.10 Å². The Morgan fingerprint density at radius 3 is 3.06 bits per heavy atom. The molecule has 0 bridgehead atoms. The van der Waals surface area contributed by atoms with Crippen LogP contribution in [-0.2, 0) is 14.3 Å².